The molecule has 9 heteroatoms. The van der Waals surface area contributed by atoms with E-state index in [0.717, 1.165) is 18.2 Å². The highest BCUT2D eigenvalue weighted by Crippen LogP contribution is 2.42. The van der Waals surface area contributed by atoms with Crippen molar-refractivity contribution in [1.82, 2.24) is 10.3 Å². The van der Waals surface area contributed by atoms with Gasteiger partial charge in [0.05, 0.1) is 6.10 Å². The number of hydrogen-bond acceptors (Lipinski definition) is 6. The molecule has 1 aliphatic carbocycles. The molecule has 0 bridgehead atoms. The Morgan fingerprint density at radius 1 is 1.19 bits per heavy atom. The summed E-state index contributed by atoms with van der Waals surface area (Å²) in [6.07, 6.45) is 2.52. The fraction of sp³-hybridized carbons (Fsp3) is 0.304. The average Bonchev–Trinajstić information content (AvgIpc) is 3.41. The molecule has 0 saturated heterocycles. The Morgan fingerprint density at radius 3 is 2.75 bits per heavy atom. The van der Waals surface area contributed by atoms with E-state index in [1.807, 2.05) is 12.1 Å². The summed E-state index contributed by atoms with van der Waals surface area (Å²) in [7, 11) is 0. The van der Waals surface area contributed by atoms with Crippen LogP contribution in [0.1, 0.15) is 36.2 Å². The summed E-state index contributed by atoms with van der Waals surface area (Å²) in [4.78, 5) is 17.2. The lowest BCUT2D eigenvalue weighted by molar-refractivity contribution is -0.0493. The van der Waals surface area contributed by atoms with Crippen LogP contribution in [0, 0.1) is 0 Å². The van der Waals surface area contributed by atoms with Crippen molar-refractivity contribution in [2.24, 2.45) is 0 Å². The number of alkyl halides is 2. The highest BCUT2D eigenvalue weighted by molar-refractivity contribution is 7.13. The first-order valence-electron chi connectivity index (χ1n) is 10.3. The highest BCUT2D eigenvalue weighted by Gasteiger charge is 2.24. The van der Waals surface area contributed by atoms with Crippen molar-refractivity contribution in [2.75, 3.05) is 0 Å². The zero-order valence-electron chi connectivity index (χ0n) is 16.9. The monoisotopic (exact) mass is 458 g/mol. The molecule has 32 heavy (non-hydrogen) atoms. The summed E-state index contributed by atoms with van der Waals surface area (Å²) in [6.45, 7) is -2.98. The van der Waals surface area contributed by atoms with Crippen LogP contribution >= 0.6 is 11.3 Å². The van der Waals surface area contributed by atoms with Gasteiger partial charge in [-0.1, -0.05) is 18.2 Å². The Kier molecular flexibility index (Phi) is 5.52. The van der Waals surface area contributed by atoms with Gasteiger partial charge in [0.1, 0.15) is 16.3 Å². The number of aliphatic hydroxyl groups is 1. The number of hydrogen-bond donors (Lipinski definition) is 2. The first-order valence-corrected chi connectivity index (χ1v) is 11.2. The minimum absolute atomic E-state index is 0.0198. The van der Waals surface area contributed by atoms with Crippen LogP contribution in [-0.2, 0) is 0 Å². The van der Waals surface area contributed by atoms with Gasteiger partial charge in [-0.05, 0) is 43.9 Å². The number of nitrogens with one attached hydrogen (secondary N) is 1. The SMILES string of the molecule is O=C(NC1CCC(O)CC1)c1csc(-c2ccc(OC(F)F)c3oc4ccccc4c23)n1. The number of fused-ring (bicyclic) bond motifs is 3. The van der Waals surface area contributed by atoms with Gasteiger partial charge < -0.3 is 19.6 Å². The number of carbonyl (C=O) groups is 1. The standard InChI is InChI=1S/C23H20F2N2O4S/c24-23(25)31-18-10-9-15(19-14-3-1-2-4-17(14)30-20(18)19)22-27-16(11-32-22)21(29)26-12-5-7-13(28)8-6-12/h1-4,9-13,23,28H,5-8H2,(H,26,29). The summed E-state index contributed by atoms with van der Waals surface area (Å²) < 4.78 is 36.3. The van der Waals surface area contributed by atoms with Gasteiger partial charge in [0.2, 0.25) is 0 Å². The molecule has 0 radical (unpaired) electrons. The third kappa shape index (κ3) is 3.93. The van der Waals surface area contributed by atoms with Crippen molar-refractivity contribution in [3.05, 3.63) is 47.5 Å². The van der Waals surface area contributed by atoms with Crippen LogP contribution in [0.25, 0.3) is 32.5 Å². The summed E-state index contributed by atoms with van der Waals surface area (Å²) >= 11 is 1.30. The van der Waals surface area contributed by atoms with Crippen LogP contribution in [-0.4, -0.2) is 34.8 Å². The van der Waals surface area contributed by atoms with E-state index < -0.39 is 6.61 Å². The van der Waals surface area contributed by atoms with E-state index in [1.165, 1.54) is 17.4 Å². The molecule has 2 aromatic heterocycles. The zero-order valence-corrected chi connectivity index (χ0v) is 17.7. The zero-order chi connectivity index (χ0) is 22.2. The number of furan rings is 1. The number of thiazole rings is 1. The van der Waals surface area contributed by atoms with Crippen molar-refractivity contribution in [3.8, 4) is 16.3 Å². The summed E-state index contributed by atoms with van der Waals surface area (Å²) in [5.74, 6) is -0.316. The molecular weight excluding hydrogens is 438 g/mol. The Hall–Kier alpha value is -3.04. The average molecular weight is 458 g/mol. The fourth-order valence-electron chi connectivity index (χ4n) is 4.15. The Labute approximate surface area is 185 Å². The van der Waals surface area contributed by atoms with Gasteiger partial charge in [-0.3, -0.25) is 4.79 Å². The maximum atomic E-state index is 12.9. The van der Waals surface area contributed by atoms with Crippen molar-refractivity contribution in [1.29, 1.82) is 0 Å². The number of ether oxygens (including phenoxy) is 1. The molecule has 2 aromatic carbocycles. The van der Waals surface area contributed by atoms with Gasteiger partial charge in [0.25, 0.3) is 5.91 Å². The van der Waals surface area contributed by atoms with Crippen molar-refractivity contribution in [3.63, 3.8) is 0 Å². The molecule has 4 aromatic rings. The van der Waals surface area contributed by atoms with Gasteiger partial charge >= 0.3 is 6.61 Å². The molecule has 5 rings (SSSR count). The molecule has 1 fully saturated rings. The predicted octanol–water partition coefficient (Wildman–Crippen LogP) is 5.34. The molecule has 1 amide bonds. The lowest BCUT2D eigenvalue weighted by atomic mass is 9.93. The number of carbonyl (C=O) groups excluding carboxylic acids is 1. The van der Waals surface area contributed by atoms with Gasteiger partial charge in [0, 0.05) is 27.8 Å². The maximum absolute atomic E-state index is 12.9. The summed E-state index contributed by atoms with van der Waals surface area (Å²) in [5, 5.41) is 16.2. The maximum Gasteiger partial charge on any atom is 0.387 e. The van der Waals surface area contributed by atoms with Crippen LogP contribution in [0.3, 0.4) is 0 Å². The van der Waals surface area contributed by atoms with Crippen molar-refractivity contribution >= 4 is 39.2 Å². The molecule has 166 valence electrons. The molecule has 0 atom stereocenters. The minimum Gasteiger partial charge on any atom is -0.452 e. The second-order valence-corrected chi connectivity index (χ2v) is 8.67. The lowest BCUT2D eigenvalue weighted by Crippen LogP contribution is -2.38. The predicted molar refractivity (Wildman–Crippen MR) is 117 cm³/mol. The van der Waals surface area contributed by atoms with E-state index in [0.29, 0.717) is 40.1 Å². The number of nitrogens with zero attached hydrogens (tertiary/aromatic N) is 1. The van der Waals surface area contributed by atoms with Gasteiger partial charge in [0.15, 0.2) is 11.3 Å². The number of para-hydroxylation sites is 1. The highest BCUT2D eigenvalue weighted by atomic mass is 32.1. The molecule has 2 N–H and O–H groups in total. The van der Waals surface area contributed by atoms with Crippen LogP contribution in [0.2, 0.25) is 0 Å². The number of halogens is 2. The van der Waals surface area contributed by atoms with E-state index >= 15 is 0 Å². The van der Waals surface area contributed by atoms with Crippen molar-refractivity contribution < 1.29 is 27.8 Å². The Morgan fingerprint density at radius 2 is 1.97 bits per heavy atom. The third-order valence-corrected chi connectivity index (χ3v) is 6.58. The molecule has 0 spiro atoms. The summed E-state index contributed by atoms with van der Waals surface area (Å²) in [5.41, 5.74) is 1.73. The fourth-order valence-corrected chi connectivity index (χ4v) is 4.98. The molecule has 0 aliphatic heterocycles. The second kappa shape index (κ2) is 8.48. The second-order valence-electron chi connectivity index (χ2n) is 7.81. The third-order valence-electron chi connectivity index (χ3n) is 5.71. The van der Waals surface area contributed by atoms with E-state index in [1.54, 1.807) is 23.6 Å². The molecule has 0 unspecified atom stereocenters. The molecular formula is C23H20F2N2O4S. The van der Waals surface area contributed by atoms with Crippen LogP contribution in [0.5, 0.6) is 5.75 Å². The number of benzene rings is 2. The molecule has 1 aliphatic rings. The van der Waals surface area contributed by atoms with E-state index in [-0.39, 0.29) is 29.4 Å². The number of amides is 1. The first-order chi connectivity index (χ1) is 15.5. The summed E-state index contributed by atoms with van der Waals surface area (Å²) in [6, 6.07) is 10.3. The van der Waals surface area contributed by atoms with Crippen molar-refractivity contribution in [2.45, 2.75) is 44.4 Å². The van der Waals surface area contributed by atoms with Gasteiger partial charge in [-0.25, -0.2) is 4.98 Å². The quantitative estimate of drug-likeness (QED) is 0.422. The Balaban J connectivity index is 1.50. The number of aromatic nitrogens is 1. The molecule has 1 saturated carbocycles. The lowest BCUT2D eigenvalue weighted by Gasteiger charge is -2.25. The van der Waals surface area contributed by atoms with Gasteiger partial charge in [-0.15, -0.1) is 11.3 Å². The first kappa shape index (κ1) is 20.8. The Bertz CT molecular complexity index is 1280. The minimum atomic E-state index is -2.98. The normalized spacial score (nSPS) is 19.0. The van der Waals surface area contributed by atoms with Gasteiger partial charge in [-0.2, -0.15) is 8.78 Å². The van der Waals surface area contributed by atoms with Crippen LogP contribution in [0.15, 0.2) is 46.2 Å². The smallest absolute Gasteiger partial charge is 0.387 e. The molecule has 2 heterocycles. The topological polar surface area (TPSA) is 84.6 Å². The number of aliphatic hydroxyl groups excluding tert-OH is 1. The van der Waals surface area contributed by atoms with E-state index in [4.69, 9.17) is 4.42 Å². The molecule has 6 nitrogen and oxygen atoms in total. The van der Waals surface area contributed by atoms with E-state index in [2.05, 4.69) is 15.0 Å². The largest absolute Gasteiger partial charge is 0.452 e. The number of rotatable bonds is 5. The van der Waals surface area contributed by atoms with E-state index in [9.17, 15) is 18.7 Å². The van der Waals surface area contributed by atoms with Crippen LogP contribution in [0.4, 0.5) is 8.78 Å². The van der Waals surface area contributed by atoms with Crippen LogP contribution < -0.4 is 10.1 Å².